The molecule has 0 aliphatic heterocycles. The second-order valence-corrected chi connectivity index (χ2v) is 5.05. The largest absolute Gasteiger partial charge is 0.484 e. The van der Waals surface area contributed by atoms with E-state index in [9.17, 15) is 9.59 Å². The van der Waals surface area contributed by atoms with Crippen LogP contribution >= 0.6 is 23.2 Å². The summed E-state index contributed by atoms with van der Waals surface area (Å²) < 4.78 is 5.22. The van der Waals surface area contributed by atoms with E-state index in [0.29, 0.717) is 21.5 Å². The predicted octanol–water partition coefficient (Wildman–Crippen LogP) is 3.72. The molecule has 2 aromatic carbocycles. The Kier molecular flexibility index (Phi) is 5.63. The Hall–Kier alpha value is -2.24. The number of urea groups is 1. The number of carbonyl (C=O) groups is 2. The van der Waals surface area contributed by atoms with Gasteiger partial charge in [0, 0.05) is 11.8 Å². The molecule has 3 amide bonds. The van der Waals surface area contributed by atoms with Gasteiger partial charge in [0.1, 0.15) is 5.75 Å². The van der Waals surface area contributed by atoms with Gasteiger partial charge in [-0.25, -0.2) is 4.79 Å². The summed E-state index contributed by atoms with van der Waals surface area (Å²) >= 11 is 11.6. The minimum atomic E-state index is -0.631. The van der Waals surface area contributed by atoms with Crippen molar-refractivity contribution >= 4 is 40.8 Å². The van der Waals surface area contributed by atoms with Crippen LogP contribution in [0, 0.1) is 0 Å². The van der Waals surface area contributed by atoms with Crippen molar-refractivity contribution in [2.45, 2.75) is 0 Å². The smallest absolute Gasteiger partial charge is 0.325 e. The Balaban J connectivity index is 1.80. The molecule has 7 heteroatoms. The zero-order valence-corrected chi connectivity index (χ0v) is 12.8. The van der Waals surface area contributed by atoms with Gasteiger partial charge in [-0.05, 0) is 24.3 Å². The van der Waals surface area contributed by atoms with E-state index in [4.69, 9.17) is 27.9 Å². The van der Waals surface area contributed by atoms with Gasteiger partial charge >= 0.3 is 6.03 Å². The molecular formula is C15H12Cl2N2O3. The van der Waals surface area contributed by atoms with Crippen molar-refractivity contribution in [2.75, 3.05) is 11.9 Å². The highest BCUT2D eigenvalue weighted by Gasteiger charge is 2.09. The fourth-order valence-corrected chi connectivity index (χ4v) is 1.85. The maximum absolute atomic E-state index is 11.6. The first-order valence-corrected chi connectivity index (χ1v) is 7.04. The number of hydrogen-bond donors (Lipinski definition) is 2. The van der Waals surface area contributed by atoms with Gasteiger partial charge in [-0.2, -0.15) is 0 Å². The van der Waals surface area contributed by atoms with Gasteiger partial charge < -0.3 is 10.1 Å². The maximum Gasteiger partial charge on any atom is 0.325 e. The van der Waals surface area contributed by atoms with Gasteiger partial charge in [-0.15, -0.1) is 0 Å². The lowest BCUT2D eigenvalue weighted by molar-refractivity contribution is -0.121. The molecule has 0 bridgehead atoms. The Morgan fingerprint density at radius 3 is 2.41 bits per heavy atom. The number of nitrogens with one attached hydrogen (secondary N) is 2. The first-order valence-electron chi connectivity index (χ1n) is 6.28. The van der Waals surface area contributed by atoms with Crippen molar-refractivity contribution < 1.29 is 14.3 Å². The zero-order valence-electron chi connectivity index (χ0n) is 11.3. The number of hydrogen-bond acceptors (Lipinski definition) is 3. The van der Waals surface area contributed by atoms with E-state index >= 15 is 0 Å². The summed E-state index contributed by atoms with van der Waals surface area (Å²) in [5, 5.41) is 5.38. The van der Waals surface area contributed by atoms with Crippen LogP contribution in [0.15, 0.2) is 48.5 Å². The van der Waals surface area contributed by atoms with E-state index in [1.54, 1.807) is 36.4 Å². The normalized spacial score (nSPS) is 9.91. The van der Waals surface area contributed by atoms with E-state index < -0.39 is 11.9 Å². The molecule has 5 nitrogen and oxygen atoms in total. The van der Waals surface area contributed by atoms with Crippen molar-refractivity contribution in [3.05, 3.63) is 58.6 Å². The van der Waals surface area contributed by atoms with E-state index in [0.717, 1.165) is 0 Å². The first-order chi connectivity index (χ1) is 10.5. The first kappa shape index (κ1) is 16.1. The van der Waals surface area contributed by atoms with Crippen LogP contribution in [0.2, 0.25) is 10.0 Å². The van der Waals surface area contributed by atoms with Crippen LogP contribution < -0.4 is 15.4 Å². The van der Waals surface area contributed by atoms with E-state index in [2.05, 4.69) is 10.6 Å². The Morgan fingerprint density at radius 2 is 1.73 bits per heavy atom. The number of imide groups is 1. The maximum atomic E-state index is 11.6. The van der Waals surface area contributed by atoms with Gasteiger partial charge in [0.15, 0.2) is 6.61 Å². The van der Waals surface area contributed by atoms with E-state index in [1.807, 2.05) is 6.07 Å². The molecule has 114 valence electrons. The third kappa shape index (κ3) is 4.95. The molecule has 2 aromatic rings. The third-order valence-corrected chi connectivity index (χ3v) is 3.28. The lowest BCUT2D eigenvalue weighted by atomic mass is 10.3. The Morgan fingerprint density at radius 1 is 1.00 bits per heavy atom. The predicted molar refractivity (Wildman–Crippen MR) is 85.6 cm³/mol. The van der Waals surface area contributed by atoms with Crippen molar-refractivity contribution in [3.8, 4) is 5.75 Å². The molecule has 22 heavy (non-hydrogen) atoms. The number of rotatable bonds is 4. The summed E-state index contributed by atoms with van der Waals surface area (Å²) in [7, 11) is 0. The number of ether oxygens (including phenoxy) is 1. The fourth-order valence-electron chi connectivity index (χ4n) is 1.56. The molecule has 0 fully saturated rings. The van der Waals surface area contributed by atoms with E-state index in [-0.39, 0.29) is 6.61 Å². The van der Waals surface area contributed by atoms with Crippen LogP contribution in [0.4, 0.5) is 10.5 Å². The average molecular weight is 339 g/mol. The molecule has 2 rings (SSSR count). The minimum Gasteiger partial charge on any atom is -0.484 e. The summed E-state index contributed by atoms with van der Waals surface area (Å²) in [6.45, 7) is -0.319. The monoisotopic (exact) mass is 338 g/mol. The molecular weight excluding hydrogens is 327 g/mol. The molecule has 0 aliphatic rings. The number of para-hydroxylation sites is 1. The highest BCUT2D eigenvalue weighted by Crippen LogP contribution is 2.26. The summed E-state index contributed by atoms with van der Waals surface area (Å²) in [4.78, 5) is 23.2. The number of carbonyl (C=O) groups excluding carboxylic acids is 2. The summed E-state index contributed by atoms with van der Waals surface area (Å²) in [5.74, 6) is -0.201. The topological polar surface area (TPSA) is 67.4 Å². The van der Waals surface area contributed by atoms with Crippen molar-refractivity contribution in [1.82, 2.24) is 5.32 Å². The highest BCUT2D eigenvalue weighted by molar-refractivity contribution is 6.42. The van der Waals surface area contributed by atoms with Crippen LogP contribution in [0.25, 0.3) is 0 Å². The highest BCUT2D eigenvalue weighted by atomic mass is 35.5. The number of benzene rings is 2. The van der Waals surface area contributed by atoms with Gasteiger partial charge in [-0.1, -0.05) is 41.4 Å². The number of amides is 3. The Bertz CT molecular complexity index is 678. The summed E-state index contributed by atoms with van der Waals surface area (Å²) in [6.07, 6.45) is 0. The molecule has 0 saturated carbocycles. The standard InChI is InChI=1S/C15H12Cl2N2O3/c16-12-7-6-11(8-13(12)17)22-9-14(20)19-15(21)18-10-4-2-1-3-5-10/h1-8H,9H2,(H2,18,19,20,21). The van der Waals surface area contributed by atoms with Crippen LogP contribution in [0.5, 0.6) is 5.75 Å². The second-order valence-electron chi connectivity index (χ2n) is 4.23. The van der Waals surface area contributed by atoms with Gasteiger partial charge in [0.05, 0.1) is 10.0 Å². The van der Waals surface area contributed by atoms with Crippen LogP contribution in [0.1, 0.15) is 0 Å². The summed E-state index contributed by atoms with van der Waals surface area (Å²) in [6, 6.07) is 12.8. The SMILES string of the molecule is O=C(COc1ccc(Cl)c(Cl)c1)NC(=O)Nc1ccccc1. The molecule has 0 radical (unpaired) electrons. The fraction of sp³-hybridized carbons (Fsp3) is 0.0667. The quantitative estimate of drug-likeness (QED) is 0.892. The van der Waals surface area contributed by atoms with Gasteiger partial charge in [0.2, 0.25) is 0 Å². The molecule has 0 aromatic heterocycles. The molecule has 0 unspecified atom stereocenters. The molecule has 0 atom stereocenters. The average Bonchev–Trinajstić information content (AvgIpc) is 2.49. The molecule has 0 aliphatic carbocycles. The van der Waals surface area contributed by atoms with Gasteiger partial charge in [-0.3, -0.25) is 10.1 Å². The van der Waals surface area contributed by atoms with Crippen molar-refractivity contribution in [3.63, 3.8) is 0 Å². The van der Waals surface area contributed by atoms with Crippen LogP contribution in [-0.4, -0.2) is 18.5 Å². The lowest BCUT2D eigenvalue weighted by Crippen LogP contribution is -2.37. The number of halogens is 2. The van der Waals surface area contributed by atoms with Crippen LogP contribution in [0.3, 0.4) is 0 Å². The third-order valence-electron chi connectivity index (χ3n) is 2.55. The molecule has 0 saturated heterocycles. The molecule has 2 N–H and O–H groups in total. The lowest BCUT2D eigenvalue weighted by Gasteiger charge is -2.08. The number of anilines is 1. The minimum absolute atomic E-state index is 0.319. The van der Waals surface area contributed by atoms with Crippen molar-refractivity contribution in [2.24, 2.45) is 0 Å². The zero-order chi connectivity index (χ0) is 15.9. The second kappa shape index (κ2) is 7.68. The van der Waals surface area contributed by atoms with Crippen LogP contribution in [-0.2, 0) is 4.79 Å². The van der Waals surface area contributed by atoms with Crippen molar-refractivity contribution in [1.29, 1.82) is 0 Å². The Labute approximate surface area is 137 Å². The summed E-state index contributed by atoms with van der Waals surface area (Å²) in [5.41, 5.74) is 0.582. The molecule has 0 heterocycles. The molecule has 0 spiro atoms. The van der Waals surface area contributed by atoms with Gasteiger partial charge in [0.25, 0.3) is 5.91 Å². The van der Waals surface area contributed by atoms with E-state index in [1.165, 1.54) is 6.07 Å².